The lowest BCUT2D eigenvalue weighted by molar-refractivity contribution is 0.0491. The molecule has 7 nitrogen and oxygen atoms in total. The summed E-state index contributed by atoms with van der Waals surface area (Å²) in [6, 6.07) is 22.1. The largest absolute Gasteiger partial charge is 0.490 e. The van der Waals surface area contributed by atoms with Crippen molar-refractivity contribution in [2.45, 2.75) is 20.0 Å². The van der Waals surface area contributed by atoms with E-state index in [-0.39, 0.29) is 11.8 Å². The van der Waals surface area contributed by atoms with Gasteiger partial charge in [0, 0.05) is 30.0 Å². The molecule has 7 heteroatoms. The lowest BCUT2D eigenvalue weighted by Gasteiger charge is -2.38. The van der Waals surface area contributed by atoms with Gasteiger partial charge in [-0.3, -0.25) is 15.0 Å². The van der Waals surface area contributed by atoms with E-state index in [1.165, 1.54) is 5.01 Å². The molecule has 0 bridgehead atoms. The first kappa shape index (κ1) is 23.9. The van der Waals surface area contributed by atoms with Crippen LogP contribution in [0.15, 0.2) is 85.5 Å². The van der Waals surface area contributed by atoms with Crippen LogP contribution < -0.4 is 20.4 Å². The number of fused-ring (bicyclic) bond motifs is 1. The van der Waals surface area contributed by atoms with Gasteiger partial charge in [0.15, 0.2) is 0 Å². The number of ether oxygens (including phenoxy) is 1. The first-order valence-corrected chi connectivity index (χ1v) is 11.7. The van der Waals surface area contributed by atoms with Crippen LogP contribution in [-0.2, 0) is 0 Å². The minimum Gasteiger partial charge on any atom is -0.490 e. The average Bonchev–Trinajstić information content (AvgIpc) is 2.90. The topological polar surface area (TPSA) is 73.9 Å². The van der Waals surface area contributed by atoms with Gasteiger partial charge in [-0.15, -0.1) is 0 Å². The molecule has 0 radical (unpaired) electrons. The van der Waals surface area contributed by atoms with E-state index in [2.05, 4.69) is 36.1 Å². The Hall–Kier alpha value is -4.26. The van der Waals surface area contributed by atoms with Gasteiger partial charge in [0.2, 0.25) is 0 Å². The van der Waals surface area contributed by atoms with Crippen LogP contribution in [0.4, 0.5) is 11.4 Å². The van der Waals surface area contributed by atoms with Crippen LogP contribution in [0, 0.1) is 0 Å². The minimum atomic E-state index is -0.567. The van der Waals surface area contributed by atoms with Crippen LogP contribution in [0.1, 0.15) is 46.3 Å². The number of anilines is 2. The molecule has 0 fully saturated rings. The molecule has 3 aromatic rings. The highest BCUT2D eigenvalue weighted by atomic mass is 16.5. The summed E-state index contributed by atoms with van der Waals surface area (Å²) < 4.78 is 5.49. The smallest absolute Gasteiger partial charge is 0.276 e. The number of hydrogen-bond acceptors (Lipinski definition) is 5. The third-order valence-corrected chi connectivity index (χ3v) is 5.97. The second-order valence-corrected chi connectivity index (χ2v) is 8.10. The molecule has 1 atom stereocenters. The van der Waals surface area contributed by atoms with Gasteiger partial charge >= 0.3 is 0 Å². The number of carbonyl (C=O) groups excluding carboxylic acids is 2. The fourth-order valence-corrected chi connectivity index (χ4v) is 4.09. The molecule has 2 N–H and O–H groups in total. The molecule has 35 heavy (non-hydrogen) atoms. The number of rotatable bonds is 9. The minimum absolute atomic E-state index is 0.281. The maximum atomic E-state index is 13.4. The van der Waals surface area contributed by atoms with Crippen LogP contribution in [0.5, 0.6) is 5.75 Å². The number of carbonyl (C=O) groups is 2. The quantitative estimate of drug-likeness (QED) is 0.430. The molecular weight excluding hydrogens is 440 g/mol. The van der Waals surface area contributed by atoms with Crippen molar-refractivity contribution in [3.63, 3.8) is 0 Å². The van der Waals surface area contributed by atoms with Crippen molar-refractivity contribution in [3.8, 4) is 5.75 Å². The molecule has 2 amide bonds. The van der Waals surface area contributed by atoms with Crippen LogP contribution in [0.25, 0.3) is 0 Å². The summed E-state index contributed by atoms with van der Waals surface area (Å²) in [5.41, 5.74) is 6.42. The van der Waals surface area contributed by atoms with Crippen molar-refractivity contribution >= 4 is 23.2 Å². The summed E-state index contributed by atoms with van der Waals surface area (Å²) in [5.74, 6) is -0.0340. The molecular formula is C28H30N4O3. The Morgan fingerprint density at radius 1 is 1.06 bits per heavy atom. The van der Waals surface area contributed by atoms with Crippen molar-refractivity contribution in [2.75, 3.05) is 29.9 Å². The molecule has 0 aliphatic carbocycles. The van der Waals surface area contributed by atoms with E-state index in [1.807, 2.05) is 36.4 Å². The fraction of sp³-hybridized carbons (Fsp3) is 0.214. The molecule has 0 saturated carbocycles. The molecule has 1 heterocycles. The fourth-order valence-electron chi connectivity index (χ4n) is 4.09. The number of nitrogens with one attached hydrogen (secondary N) is 2. The second-order valence-electron chi connectivity index (χ2n) is 8.10. The van der Waals surface area contributed by atoms with Crippen molar-refractivity contribution in [3.05, 3.63) is 102 Å². The first-order chi connectivity index (χ1) is 17.0. The van der Waals surface area contributed by atoms with Crippen molar-refractivity contribution in [2.24, 2.45) is 0 Å². The van der Waals surface area contributed by atoms with Gasteiger partial charge in [-0.05, 0) is 67.9 Å². The van der Waals surface area contributed by atoms with Gasteiger partial charge in [-0.1, -0.05) is 36.9 Å². The standard InChI is InChI=1S/C28H30N4O3/c1-4-19-35-23-17-13-21(14-18-23)27(33)30-32-26(29-25-10-8-7-9-24(25)28(32)34)20-11-15-22(16-12-20)31(5-2)6-3/h4,7-18,26,29H,1,5-6,19H2,2-3H3,(H,30,33)/t26-/m1/s1. The molecule has 4 rings (SSSR count). The second kappa shape index (κ2) is 10.8. The van der Waals surface area contributed by atoms with E-state index in [1.54, 1.807) is 42.5 Å². The molecule has 1 aliphatic heterocycles. The molecule has 0 saturated heterocycles. The summed E-state index contributed by atoms with van der Waals surface area (Å²) in [6.07, 6.45) is 1.09. The number of benzene rings is 3. The molecule has 180 valence electrons. The van der Waals surface area contributed by atoms with Crippen molar-refractivity contribution < 1.29 is 14.3 Å². The lowest BCUT2D eigenvalue weighted by Crippen LogP contribution is -2.52. The summed E-state index contributed by atoms with van der Waals surface area (Å²) in [6.45, 7) is 10.1. The van der Waals surface area contributed by atoms with Crippen molar-refractivity contribution in [1.82, 2.24) is 10.4 Å². The average molecular weight is 471 g/mol. The highest BCUT2D eigenvalue weighted by Crippen LogP contribution is 2.32. The van der Waals surface area contributed by atoms with E-state index in [0.29, 0.717) is 23.5 Å². The SMILES string of the molecule is C=CCOc1ccc(C(=O)NN2C(=O)c3ccccc3N[C@H]2c2ccc(N(CC)CC)cc2)cc1. The van der Waals surface area contributed by atoms with Crippen LogP contribution in [0.3, 0.4) is 0 Å². The zero-order valence-corrected chi connectivity index (χ0v) is 20.0. The Bertz CT molecular complexity index is 1190. The van der Waals surface area contributed by atoms with E-state index in [4.69, 9.17) is 4.74 Å². The molecule has 0 unspecified atom stereocenters. The Labute approximate surface area is 206 Å². The van der Waals surface area contributed by atoms with Gasteiger partial charge in [-0.2, -0.15) is 0 Å². The number of hydrogen-bond donors (Lipinski definition) is 2. The Morgan fingerprint density at radius 3 is 2.40 bits per heavy atom. The molecule has 3 aromatic carbocycles. The third-order valence-electron chi connectivity index (χ3n) is 5.97. The number of hydrazine groups is 1. The zero-order chi connectivity index (χ0) is 24.8. The maximum absolute atomic E-state index is 13.4. The summed E-state index contributed by atoms with van der Waals surface area (Å²) >= 11 is 0. The highest BCUT2D eigenvalue weighted by Gasteiger charge is 2.34. The predicted octanol–water partition coefficient (Wildman–Crippen LogP) is 5.01. The van der Waals surface area contributed by atoms with Crippen molar-refractivity contribution in [1.29, 1.82) is 0 Å². The van der Waals surface area contributed by atoms with E-state index in [0.717, 1.165) is 30.0 Å². The highest BCUT2D eigenvalue weighted by molar-refractivity contribution is 6.04. The Kier molecular flexibility index (Phi) is 7.35. The van der Waals surface area contributed by atoms with Gasteiger partial charge < -0.3 is 15.0 Å². The van der Waals surface area contributed by atoms with Gasteiger partial charge in [0.1, 0.15) is 18.5 Å². The summed E-state index contributed by atoms with van der Waals surface area (Å²) in [4.78, 5) is 28.8. The third kappa shape index (κ3) is 5.14. The normalized spacial score (nSPS) is 14.5. The molecule has 0 aromatic heterocycles. The van der Waals surface area contributed by atoms with E-state index >= 15 is 0 Å². The van der Waals surface area contributed by atoms with Crippen LogP contribution >= 0.6 is 0 Å². The monoisotopic (exact) mass is 470 g/mol. The summed E-state index contributed by atoms with van der Waals surface area (Å²) in [7, 11) is 0. The maximum Gasteiger partial charge on any atom is 0.276 e. The lowest BCUT2D eigenvalue weighted by atomic mass is 10.0. The predicted molar refractivity (Wildman–Crippen MR) is 139 cm³/mol. The Morgan fingerprint density at radius 2 is 1.74 bits per heavy atom. The number of nitrogens with zero attached hydrogens (tertiary/aromatic N) is 2. The number of para-hydroxylation sites is 1. The van der Waals surface area contributed by atoms with Gasteiger partial charge in [0.05, 0.1) is 5.56 Å². The Balaban J connectivity index is 1.61. The zero-order valence-electron chi connectivity index (χ0n) is 20.0. The van der Waals surface area contributed by atoms with Gasteiger partial charge in [0.25, 0.3) is 11.8 Å². The van der Waals surface area contributed by atoms with Crippen LogP contribution in [-0.4, -0.2) is 36.5 Å². The first-order valence-electron chi connectivity index (χ1n) is 11.7. The van der Waals surface area contributed by atoms with E-state index < -0.39 is 6.17 Å². The van der Waals surface area contributed by atoms with E-state index in [9.17, 15) is 9.59 Å². The number of amides is 2. The molecule has 0 spiro atoms. The van der Waals surface area contributed by atoms with Crippen LogP contribution in [0.2, 0.25) is 0 Å². The van der Waals surface area contributed by atoms with Gasteiger partial charge in [-0.25, -0.2) is 5.01 Å². The molecule has 1 aliphatic rings. The summed E-state index contributed by atoms with van der Waals surface area (Å²) in [5, 5.41) is 4.77.